The first-order valence-corrected chi connectivity index (χ1v) is 6.01. The van der Waals surface area contributed by atoms with Gasteiger partial charge in [0.2, 0.25) is 0 Å². The topological polar surface area (TPSA) is 35.5 Å². The van der Waals surface area contributed by atoms with Gasteiger partial charge in [0.15, 0.2) is 17.6 Å². The maximum atomic E-state index is 11.3. The van der Waals surface area contributed by atoms with E-state index in [4.69, 9.17) is 21.1 Å². The molecule has 3 nitrogen and oxygen atoms in total. The first kappa shape index (κ1) is 13.8. The molecule has 0 amide bonds. The molecule has 0 saturated heterocycles. The van der Waals surface area contributed by atoms with Crippen LogP contribution in [0.1, 0.15) is 20.8 Å². The average molecular weight is 257 g/mol. The van der Waals surface area contributed by atoms with Crippen LogP contribution in [0.5, 0.6) is 11.5 Å². The van der Waals surface area contributed by atoms with Gasteiger partial charge in [-0.2, -0.15) is 0 Å². The molecular formula is C13H17ClO3. The molecule has 1 atom stereocenters. The molecule has 0 fully saturated rings. The molecule has 1 rings (SSSR count). The van der Waals surface area contributed by atoms with Crippen LogP contribution in [0.15, 0.2) is 24.3 Å². The van der Waals surface area contributed by atoms with E-state index in [1.54, 1.807) is 12.1 Å². The van der Waals surface area contributed by atoms with Crippen molar-refractivity contribution < 1.29 is 14.3 Å². The molecule has 4 heteroatoms. The highest BCUT2D eigenvalue weighted by atomic mass is 35.5. The number of carbonyl (C=O) groups excluding carboxylic acids is 1. The van der Waals surface area contributed by atoms with Crippen molar-refractivity contribution in [2.24, 2.45) is 5.92 Å². The van der Waals surface area contributed by atoms with Crippen LogP contribution >= 0.6 is 11.6 Å². The highest BCUT2D eigenvalue weighted by Gasteiger charge is 2.23. The summed E-state index contributed by atoms with van der Waals surface area (Å²) in [5.41, 5.74) is 0. The Morgan fingerprint density at radius 1 is 1.29 bits per heavy atom. The van der Waals surface area contributed by atoms with Crippen molar-refractivity contribution in [2.45, 2.75) is 26.9 Å². The Hall–Kier alpha value is -1.22. The Labute approximate surface area is 107 Å². The number of hydrogen-bond donors (Lipinski definition) is 0. The van der Waals surface area contributed by atoms with Crippen LogP contribution in [0.2, 0.25) is 0 Å². The molecule has 0 aliphatic heterocycles. The van der Waals surface area contributed by atoms with Gasteiger partial charge in [-0.15, -0.1) is 0 Å². The summed E-state index contributed by atoms with van der Waals surface area (Å²) >= 11 is 5.51. The summed E-state index contributed by atoms with van der Waals surface area (Å²) in [6.07, 6.45) is -0.654. The summed E-state index contributed by atoms with van der Waals surface area (Å²) in [5.74, 6) is 1.18. The van der Waals surface area contributed by atoms with E-state index in [-0.39, 0.29) is 5.92 Å². The van der Waals surface area contributed by atoms with Crippen molar-refractivity contribution in [3.05, 3.63) is 24.3 Å². The summed E-state index contributed by atoms with van der Waals surface area (Å²) < 4.78 is 11.0. The smallest absolute Gasteiger partial charge is 0.262 e. The second-order valence-electron chi connectivity index (χ2n) is 3.97. The van der Waals surface area contributed by atoms with Gasteiger partial charge in [0.1, 0.15) is 0 Å². The highest BCUT2D eigenvalue weighted by Crippen LogP contribution is 2.29. The third kappa shape index (κ3) is 3.93. The summed E-state index contributed by atoms with van der Waals surface area (Å²) in [5, 5.41) is -0.494. The van der Waals surface area contributed by atoms with Gasteiger partial charge >= 0.3 is 0 Å². The fourth-order valence-electron chi connectivity index (χ4n) is 1.40. The maximum Gasteiger partial charge on any atom is 0.262 e. The SMILES string of the molecule is CCOc1ccccc1OC(C(=O)Cl)C(C)C. The summed E-state index contributed by atoms with van der Waals surface area (Å²) in [6, 6.07) is 7.24. The fraction of sp³-hybridized carbons (Fsp3) is 0.462. The van der Waals surface area contributed by atoms with E-state index in [1.165, 1.54) is 0 Å². The van der Waals surface area contributed by atoms with Crippen LogP contribution in [0.25, 0.3) is 0 Å². The lowest BCUT2D eigenvalue weighted by atomic mass is 10.1. The Morgan fingerprint density at radius 2 is 1.88 bits per heavy atom. The molecule has 1 unspecified atom stereocenters. The summed E-state index contributed by atoms with van der Waals surface area (Å²) in [4.78, 5) is 11.3. The first-order chi connectivity index (χ1) is 8.06. The summed E-state index contributed by atoms with van der Waals surface area (Å²) in [6.45, 7) is 6.20. The fourth-order valence-corrected chi connectivity index (χ4v) is 1.70. The molecule has 0 saturated carbocycles. The minimum Gasteiger partial charge on any atom is -0.490 e. The molecule has 0 spiro atoms. The van der Waals surface area contributed by atoms with Gasteiger partial charge in [0.25, 0.3) is 5.24 Å². The van der Waals surface area contributed by atoms with Gasteiger partial charge < -0.3 is 9.47 Å². The van der Waals surface area contributed by atoms with Crippen molar-refractivity contribution in [3.8, 4) is 11.5 Å². The predicted molar refractivity (Wildman–Crippen MR) is 67.7 cm³/mol. The molecule has 0 radical (unpaired) electrons. The number of hydrogen-bond acceptors (Lipinski definition) is 3. The van der Waals surface area contributed by atoms with Crippen molar-refractivity contribution in [1.29, 1.82) is 0 Å². The normalized spacial score (nSPS) is 12.3. The van der Waals surface area contributed by atoms with Gasteiger partial charge in [0, 0.05) is 0 Å². The molecule has 0 heterocycles. The third-order valence-corrected chi connectivity index (χ3v) is 2.45. The van der Waals surface area contributed by atoms with Crippen LogP contribution in [0, 0.1) is 5.92 Å². The second-order valence-corrected chi connectivity index (χ2v) is 4.34. The Balaban J connectivity index is 2.88. The summed E-state index contributed by atoms with van der Waals surface area (Å²) in [7, 11) is 0. The van der Waals surface area contributed by atoms with E-state index in [0.717, 1.165) is 0 Å². The number of benzene rings is 1. The van der Waals surface area contributed by atoms with E-state index in [0.29, 0.717) is 18.1 Å². The van der Waals surface area contributed by atoms with Gasteiger partial charge in [-0.1, -0.05) is 26.0 Å². The van der Waals surface area contributed by atoms with Crippen molar-refractivity contribution in [1.82, 2.24) is 0 Å². The average Bonchev–Trinajstić information content (AvgIpc) is 2.27. The molecular weight excluding hydrogens is 240 g/mol. The van der Waals surface area contributed by atoms with Crippen LogP contribution in [-0.4, -0.2) is 18.0 Å². The van der Waals surface area contributed by atoms with Gasteiger partial charge in [-0.3, -0.25) is 4.79 Å². The minimum absolute atomic E-state index is 0.00897. The van der Waals surface area contributed by atoms with Crippen molar-refractivity contribution in [3.63, 3.8) is 0 Å². The number of carbonyl (C=O) groups is 1. The van der Waals surface area contributed by atoms with Crippen LogP contribution in [0.3, 0.4) is 0 Å². The molecule has 0 bridgehead atoms. The number of ether oxygens (including phenoxy) is 2. The molecule has 0 aromatic heterocycles. The van der Waals surface area contributed by atoms with Crippen molar-refractivity contribution in [2.75, 3.05) is 6.61 Å². The second kappa shape index (κ2) is 6.50. The van der Waals surface area contributed by atoms with E-state index in [1.807, 2.05) is 32.9 Å². The monoisotopic (exact) mass is 256 g/mol. The molecule has 0 N–H and O–H groups in total. The predicted octanol–water partition coefficient (Wildman–Crippen LogP) is 3.25. The van der Waals surface area contributed by atoms with E-state index in [9.17, 15) is 4.79 Å². The Bertz CT molecular complexity index is 377. The molecule has 17 heavy (non-hydrogen) atoms. The van der Waals surface area contributed by atoms with Crippen LogP contribution < -0.4 is 9.47 Å². The van der Waals surface area contributed by atoms with Gasteiger partial charge in [-0.05, 0) is 36.6 Å². The zero-order valence-corrected chi connectivity index (χ0v) is 11.0. The lowest BCUT2D eigenvalue weighted by Crippen LogP contribution is -2.29. The minimum atomic E-state index is -0.654. The lowest BCUT2D eigenvalue weighted by Gasteiger charge is -2.20. The first-order valence-electron chi connectivity index (χ1n) is 5.64. The number of para-hydroxylation sites is 2. The van der Waals surface area contributed by atoms with Crippen LogP contribution in [0.4, 0.5) is 0 Å². The van der Waals surface area contributed by atoms with Crippen LogP contribution in [-0.2, 0) is 4.79 Å². The van der Waals surface area contributed by atoms with E-state index < -0.39 is 11.3 Å². The molecule has 1 aromatic carbocycles. The number of halogens is 1. The quantitative estimate of drug-likeness (QED) is 0.733. The maximum absolute atomic E-state index is 11.3. The molecule has 0 aliphatic carbocycles. The third-order valence-electron chi connectivity index (χ3n) is 2.23. The molecule has 94 valence electrons. The highest BCUT2D eigenvalue weighted by molar-refractivity contribution is 6.64. The van der Waals surface area contributed by atoms with Gasteiger partial charge in [-0.25, -0.2) is 0 Å². The molecule has 0 aliphatic rings. The lowest BCUT2D eigenvalue weighted by molar-refractivity contribution is -0.119. The number of rotatable bonds is 6. The van der Waals surface area contributed by atoms with E-state index >= 15 is 0 Å². The zero-order chi connectivity index (χ0) is 12.8. The van der Waals surface area contributed by atoms with Crippen molar-refractivity contribution >= 4 is 16.8 Å². The largest absolute Gasteiger partial charge is 0.490 e. The van der Waals surface area contributed by atoms with Gasteiger partial charge in [0.05, 0.1) is 6.61 Å². The standard InChI is InChI=1S/C13H17ClO3/c1-4-16-10-7-5-6-8-11(10)17-12(9(2)3)13(14)15/h5-9,12H,4H2,1-3H3. The Morgan fingerprint density at radius 3 is 2.35 bits per heavy atom. The molecule has 1 aromatic rings. The van der Waals surface area contributed by atoms with E-state index in [2.05, 4.69) is 0 Å². The zero-order valence-electron chi connectivity index (χ0n) is 10.3. The Kier molecular flexibility index (Phi) is 5.29.